The molecule has 1 aromatic carbocycles. The van der Waals surface area contributed by atoms with Crippen molar-refractivity contribution in [2.45, 2.75) is 33.6 Å². The maximum atomic E-state index is 15.4. The molecule has 6 heteroatoms. The molecule has 0 fully saturated rings. The molecule has 174 valence electrons. The Hall–Kier alpha value is -3.18. The molecule has 0 saturated heterocycles. The van der Waals surface area contributed by atoms with E-state index in [4.69, 9.17) is 16.3 Å². The number of esters is 1. The quantitative estimate of drug-likeness (QED) is 0.221. The fourth-order valence-electron chi connectivity index (χ4n) is 3.48. The predicted molar refractivity (Wildman–Crippen MR) is 131 cm³/mol. The van der Waals surface area contributed by atoms with Crippen LogP contribution in [0.1, 0.15) is 37.8 Å². The number of hydrogen-bond acceptors (Lipinski definition) is 3. The van der Waals surface area contributed by atoms with Crippen LogP contribution in [0.4, 0.5) is 8.78 Å². The lowest BCUT2D eigenvalue weighted by molar-refractivity contribution is -0.135. The summed E-state index contributed by atoms with van der Waals surface area (Å²) in [6, 6.07) is 4.75. The van der Waals surface area contributed by atoms with Crippen LogP contribution in [0.3, 0.4) is 0 Å². The summed E-state index contributed by atoms with van der Waals surface area (Å²) in [4.78, 5) is 13.4. The molecule has 0 radical (unpaired) electrons. The lowest BCUT2D eigenvalue weighted by atomic mass is 9.90. The van der Waals surface area contributed by atoms with E-state index in [1.54, 1.807) is 37.1 Å². The van der Waals surface area contributed by atoms with Gasteiger partial charge in [0.15, 0.2) is 0 Å². The zero-order valence-corrected chi connectivity index (χ0v) is 20.1. The van der Waals surface area contributed by atoms with E-state index in [1.165, 1.54) is 37.5 Å². The predicted octanol–water partition coefficient (Wildman–Crippen LogP) is 7.64. The number of allylic oxidation sites excluding steroid dienone is 7. The summed E-state index contributed by atoms with van der Waals surface area (Å²) >= 11 is 6.80. The van der Waals surface area contributed by atoms with Crippen LogP contribution in [0, 0.1) is 12.7 Å². The van der Waals surface area contributed by atoms with Crippen molar-refractivity contribution >= 4 is 23.1 Å². The highest BCUT2D eigenvalue weighted by atomic mass is 35.5. The van der Waals surface area contributed by atoms with Gasteiger partial charge in [0.1, 0.15) is 16.8 Å². The zero-order valence-electron chi connectivity index (χ0n) is 19.3. The lowest BCUT2D eigenvalue weighted by Gasteiger charge is -2.27. The van der Waals surface area contributed by atoms with Gasteiger partial charge in [0.25, 0.3) is 0 Å². The molecule has 33 heavy (non-hydrogen) atoms. The van der Waals surface area contributed by atoms with Crippen LogP contribution in [-0.2, 0) is 9.53 Å². The van der Waals surface area contributed by atoms with Crippen molar-refractivity contribution in [1.29, 1.82) is 0 Å². The van der Waals surface area contributed by atoms with E-state index in [0.29, 0.717) is 35.3 Å². The van der Waals surface area contributed by atoms with Gasteiger partial charge in [-0.1, -0.05) is 62.4 Å². The van der Waals surface area contributed by atoms with Crippen molar-refractivity contribution in [3.05, 3.63) is 112 Å². The molecule has 0 spiro atoms. The molecule has 1 aromatic rings. The van der Waals surface area contributed by atoms with Crippen LogP contribution in [0.15, 0.2) is 95.3 Å². The van der Waals surface area contributed by atoms with E-state index < -0.39 is 17.6 Å². The van der Waals surface area contributed by atoms with E-state index >= 15 is 4.39 Å². The van der Waals surface area contributed by atoms with Crippen LogP contribution in [0.2, 0.25) is 0 Å². The molecular weight excluding hydrogens is 444 g/mol. The summed E-state index contributed by atoms with van der Waals surface area (Å²) < 4.78 is 35.0. The Morgan fingerprint density at radius 3 is 2.55 bits per heavy atom. The molecule has 2 rings (SSSR count). The highest BCUT2D eigenvalue weighted by Crippen LogP contribution is 2.39. The zero-order chi connectivity index (χ0) is 24.7. The molecule has 0 amide bonds. The lowest BCUT2D eigenvalue weighted by Crippen LogP contribution is -2.19. The fourth-order valence-corrected chi connectivity index (χ4v) is 3.83. The van der Waals surface area contributed by atoms with Crippen LogP contribution in [0.25, 0.3) is 5.57 Å². The Labute approximate surface area is 199 Å². The minimum absolute atomic E-state index is 0.158. The highest BCUT2D eigenvalue weighted by molar-refractivity contribution is 6.30. The van der Waals surface area contributed by atoms with Crippen molar-refractivity contribution in [2.24, 2.45) is 0 Å². The van der Waals surface area contributed by atoms with Gasteiger partial charge in [-0.3, -0.25) is 0 Å². The largest absolute Gasteiger partial charge is 0.465 e. The van der Waals surface area contributed by atoms with Gasteiger partial charge in [-0.15, -0.1) is 0 Å². The average Bonchev–Trinajstić information content (AvgIpc) is 2.80. The standard InChI is InChI=1S/C27H28ClF2NO2/c1-7-10-22(26(28)31-14-13-19(16-18(31)5)27(32)33-6)25(23(29)9-3)20(8-2)21-12-11-17(4)15-24(21)30/h8-9,11-16H,2,5,7,10H2,1,3-4,6H3/b23-9+,25-20+,26-22+. The van der Waals surface area contributed by atoms with Gasteiger partial charge < -0.3 is 9.64 Å². The Kier molecular flexibility index (Phi) is 9.18. The van der Waals surface area contributed by atoms with Crippen molar-refractivity contribution in [1.82, 2.24) is 4.90 Å². The van der Waals surface area contributed by atoms with Crippen LogP contribution >= 0.6 is 11.6 Å². The smallest absolute Gasteiger partial charge is 0.337 e. The van der Waals surface area contributed by atoms with Crippen LogP contribution in [0.5, 0.6) is 0 Å². The summed E-state index contributed by atoms with van der Waals surface area (Å²) in [6.07, 6.45) is 8.43. The molecule has 0 saturated carbocycles. The number of nitrogens with zero attached hydrogens (tertiary/aromatic N) is 1. The van der Waals surface area contributed by atoms with Gasteiger partial charge in [0.2, 0.25) is 0 Å². The topological polar surface area (TPSA) is 29.5 Å². The maximum absolute atomic E-state index is 15.4. The monoisotopic (exact) mass is 471 g/mol. The molecule has 1 heterocycles. The van der Waals surface area contributed by atoms with E-state index in [-0.39, 0.29) is 16.3 Å². The molecule has 1 aliphatic heterocycles. The Balaban J connectivity index is 2.78. The first-order chi connectivity index (χ1) is 15.7. The normalized spacial score (nSPS) is 15.6. The highest BCUT2D eigenvalue weighted by Gasteiger charge is 2.24. The van der Waals surface area contributed by atoms with Gasteiger partial charge in [-0.05, 0) is 55.2 Å². The number of benzene rings is 1. The molecular formula is C27H28ClF2NO2. The second kappa shape index (κ2) is 11.6. The fraction of sp³-hybridized carbons (Fsp3) is 0.222. The van der Waals surface area contributed by atoms with Crippen molar-refractivity contribution in [3.8, 4) is 0 Å². The minimum Gasteiger partial charge on any atom is -0.465 e. The summed E-state index contributed by atoms with van der Waals surface area (Å²) in [6.45, 7) is 13.1. The van der Waals surface area contributed by atoms with Crippen molar-refractivity contribution in [2.75, 3.05) is 7.11 Å². The first kappa shape index (κ1) is 26.1. The van der Waals surface area contributed by atoms with Crippen molar-refractivity contribution < 1.29 is 18.3 Å². The molecule has 0 atom stereocenters. The number of hydrogen-bond donors (Lipinski definition) is 0. The number of carbonyl (C=O) groups is 1. The van der Waals surface area contributed by atoms with Crippen LogP contribution < -0.4 is 0 Å². The summed E-state index contributed by atoms with van der Waals surface area (Å²) in [5, 5.41) is 0.192. The Morgan fingerprint density at radius 2 is 2.03 bits per heavy atom. The first-order valence-electron chi connectivity index (χ1n) is 10.5. The molecule has 0 bridgehead atoms. The molecule has 0 unspecified atom stereocenters. The van der Waals surface area contributed by atoms with E-state index in [0.717, 1.165) is 5.56 Å². The van der Waals surface area contributed by atoms with Gasteiger partial charge in [0.05, 0.1) is 12.7 Å². The third-order valence-electron chi connectivity index (χ3n) is 5.10. The second-order valence-corrected chi connectivity index (χ2v) is 7.76. The summed E-state index contributed by atoms with van der Waals surface area (Å²) in [5.41, 5.74) is 2.60. The first-order valence-corrected chi connectivity index (χ1v) is 10.9. The third kappa shape index (κ3) is 5.79. The van der Waals surface area contributed by atoms with Crippen molar-refractivity contribution in [3.63, 3.8) is 0 Å². The molecule has 3 nitrogen and oxygen atoms in total. The van der Waals surface area contributed by atoms with Gasteiger partial charge in [-0.25, -0.2) is 13.6 Å². The third-order valence-corrected chi connectivity index (χ3v) is 5.51. The summed E-state index contributed by atoms with van der Waals surface area (Å²) in [5.74, 6) is -1.54. The van der Waals surface area contributed by atoms with E-state index in [9.17, 15) is 9.18 Å². The number of halogens is 3. The molecule has 0 aromatic heterocycles. The summed E-state index contributed by atoms with van der Waals surface area (Å²) in [7, 11) is 1.29. The number of rotatable bonds is 8. The number of carbonyl (C=O) groups excluding carboxylic acids is 1. The van der Waals surface area contributed by atoms with E-state index in [2.05, 4.69) is 13.2 Å². The van der Waals surface area contributed by atoms with Gasteiger partial charge in [0, 0.05) is 23.0 Å². The van der Waals surface area contributed by atoms with Gasteiger partial charge in [-0.2, -0.15) is 0 Å². The second-order valence-electron chi connectivity index (χ2n) is 7.40. The maximum Gasteiger partial charge on any atom is 0.337 e. The molecule has 0 N–H and O–H groups in total. The Bertz CT molecular complexity index is 1120. The van der Waals surface area contributed by atoms with E-state index in [1.807, 2.05) is 6.92 Å². The van der Waals surface area contributed by atoms with Gasteiger partial charge >= 0.3 is 5.97 Å². The Morgan fingerprint density at radius 1 is 1.33 bits per heavy atom. The number of ether oxygens (including phenoxy) is 1. The van der Waals surface area contributed by atoms with Crippen LogP contribution in [-0.4, -0.2) is 18.0 Å². The minimum atomic E-state index is -0.552. The molecule has 1 aliphatic rings. The SMILES string of the molecule is C=C/C(=C(C(/CCC)=C(\Cl)N1C=CC(C(=O)OC)=CC1=C)\C(F)=C/C)c1ccc(C)cc1F. The molecule has 0 aliphatic carbocycles. The number of aryl methyl sites for hydroxylation is 1. The number of methoxy groups -OCH3 is 1. The average molecular weight is 472 g/mol.